The average molecular weight is 171 g/mol. The molecule has 0 spiro atoms. The molecule has 1 aliphatic rings. The largest absolute Gasteiger partial charge is 0.383 e. The molecule has 0 heterocycles. The fourth-order valence-electron chi connectivity index (χ4n) is 1.29. The zero-order valence-electron chi connectivity index (χ0n) is 7.88. The predicted octanol–water partition coefficient (Wildman–Crippen LogP) is 1.03. The quantitative estimate of drug-likeness (QED) is 0.618. The van der Waals surface area contributed by atoms with Gasteiger partial charge in [0.1, 0.15) is 0 Å². The molecule has 0 atom stereocenters. The maximum Gasteiger partial charge on any atom is 0.222 e. The van der Waals surface area contributed by atoms with Gasteiger partial charge in [0.25, 0.3) is 0 Å². The van der Waals surface area contributed by atoms with Gasteiger partial charge in [-0.15, -0.1) is 0 Å². The molecule has 0 bridgehead atoms. The first-order valence-corrected chi connectivity index (χ1v) is 4.58. The van der Waals surface area contributed by atoms with Crippen LogP contribution in [0.3, 0.4) is 0 Å². The van der Waals surface area contributed by atoms with Crippen molar-refractivity contribution in [3.05, 3.63) is 0 Å². The van der Waals surface area contributed by atoms with Gasteiger partial charge in [0.15, 0.2) is 0 Å². The number of hydrogen-bond donors (Lipinski definition) is 0. The number of ether oxygens (including phenoxy) is 1. The third-order valence-corrected chi connectivity index (χ3v) is 2.15. The smallest absolute Gasteiger partial charge is 0.222 e. The Morgan fingerprint density at radius 1 is 1.58 bits per heavy atom. The molecule has 0 N–H and O–H groups in total. The highest BCUT2D eigenvalue weighted by molar-refractivity contribution is 5.76. The van der Waals surface area contributed by atoms with Gasteiger partial charge in [0.2, 0.25) is 5.91 Å². The highest BCUT2D eigenvalue weighted by Gasteiger charge is 2.31. The molecule has 1 amide bonds. The standard InChI is InChI=1S/C9H17NO2/c1-3-9(11)10(6-7-12-2)8-4-5-8/h8H,3-7H2,1-2H3. The van der Waals surface area contributed by atoms with Crippen molar-refractivity contribution >= 4 is 5.91 Å². The van der Waals surface area contributed by atoms with Crippen LogP contribution < -0.4 is 0 Å². The topological polar surface area (TPSA) is 29.5 Å². The van der Waals surface area contributed by atoms with Crippen molar-refractivity contribution in [2.24, 2.45) is 0 Å². The highest BCUT2D eigenvalue weighted by Crippen LogP contribution is 2.26. The van der Waals surface area contributed by atoms with Crippen LogP contribution in [0.2, 0.25) is 0 Å². The summed E-state index contributed by atoms with van der Waals surface area (Å²) in [6, 6.07) is 0.521. The molecule has 1 rings (SSSR count). The number of hydrogen-bond acceptors (Lipinski definition) is 2. The number of amides is 1. The summed E-state index contributed by atoms with van der Waals surface area (Å²) in [5.41, 5.74) is 0. The van der Waals surface area contributed by atoms with Crippen molar-refractivity contribution < 1.29 is 9.53 Å². The van der Waals surface area contributed by atoms with Crippen molar-refractivity contribution in [1.29, 1.82) is 0 Å². The third kappa shape index (κ3) is 2.48. The Morgan fingerprint density at radius 2 is 2.25 bits per heavy atom. The van der Waals surface area contributed by atoms with E-state index >= 15 is 0 Å². The maximum atomic E-state index is 11.4. The summed E-state index contributed by atoms with van der Waals surface area (Å²) in [6.07, 6.45) is 2.96. The van der Waals surface area contributed by atoms with E-state index in [1.54, 1.807) is 7.11 Å². The minimum absolute atomic E-state index is 0.259. The van der Waals surface area contributed by atoms with Gasteiger partial charge >= 0.3 is 0 Å². The molecule has 3 heteroatoms. The summed E-state index contributed by atoms with van der Waals surface area (Å²) in [5.74, 6) is 0.259. The minimum atomic E-state index is 0.259. The summed E-state index contributed by atoms with van der Waals surface area (Å²) >= 11 is 0. The molecule has 1 aliphatic carbocycles. The van der Waals surface area contributed by atoms with Gasteiger partial charge in [-0.25, -0.2) is 0 Å². The van der Waals surface area contributed by atoms with E-state index in [2.05, 4.69) is 0 Å². The van der Waals surface area contributed by atoms with Crippen LogP contribution in [0.25, 0.3) is 0 Å². The highest BCUT2D eigenvalue weighted by atomic mass is 16.5. The van der Waals surface area contributed by atoms with E-state index in [1.165, 1.54) is 12.8 Å². The van der Waals surface area contributed by atoms with E-state index in [1.807, 2.05) is 11.8 Å². The van der Waals surface area contributed by atoms with Crippen LogP contribution in [0.15, 0.2) is 0 Å². The SMILES string of the molecule is CCC(=O)N(CCOC)C1CC1. The van der Waals surface area contributed by atoms with Gasteiger partial charge in [-0.05, 0) is 12.8 Å². The Hall–Kier alpha value is -0.570. The Morgan fingerprint density at radius 3 is 2.67 bits per heavy atom. The second-order valence-corrected chi connectivity index (χ2v) is 3.16. The maximum absolute atomic E-state index is 11.4. The van der Waals surface area contributed by atoms with Crippen LogP contribution in [0.1, 0.15) is 26.2 Å². The molecule has 12 heavy (non-hydrogen) atoms. The lowest BCUT2D eigenvalue weighted by atomic mass is 10.3. The molecular weight excluding hydrogens is 154 g/mol. The van der Waals surface area contributed by atoms with E-state index in [0.717, 1.165) is 6.54 Å². The summed E-state index contributed by atoms with van der Waals surface area (Å²) < 4.78 is 4.95. The Kier molecular flexibility index (Phi) is 3.53. The van der Waals surface area contributed by atoms with Gasteiger partial charge < -0.3 is 9.64 Å². The number of nitrogens with zero attached hydrogens (tertiary/aromatic N) is 1. The average Bonchev–Trinajstić information content (AvgIpc) is 2.88. The molecule has 0 aromatic carbocycles. The molecule has 1 fully saturated rings. The third-order valence-electron chi connectivity index (χ3n) is 2.15. The van der Waals surface area contributed by atoms with E-state index in [-0.39, 0.29) is 5.91 Å². The van der Waals surface area contributed by atoms with E-state index in [9.17, 15) is 4.79 Å². The summed E-state index contributed by atoms with van der Waals surface area (Å²) in [6.45, 7) is 3.32. The first-order chi connectivity index (χ1) is 5.79. The summed E-state index contributed by atoms with van der Waals surface area (Å²) in [7, 11) is 1.67. The zero-order valence-corrected chi connectivity index (χ0v) is 7.88. The summed E-state index contributed by atoms with van der Waals surface area (Å²) in [5, 5.41) is 0. The fraction of sp³-hybridized carbons (Fsp3) is 0.889. The summed E-state index contributed by atoms with van der Waals surface area (Å²) in [4.78, 5) is 13.3. The lowest BCUT2D eigenvalue weighted by Gasteiger charge is -2.21. The van der Waals surface area contributed by atoms with Crippen molar-refractivity contribution in [3.8, 4) is 0 Å². The normalized spacial score (nSPS) is 16.2. The zero-order chi connectivity index (χ0) is 8.97. The van der Waals surface area contributed by atoms with Crippen LogP contribution in [0, 0.1) is 0 Å². The van der Waals surface area contributed by atoms with Crippen LogP contribution >= 0.6 is 0 Å². The van der Waals surface area contributed by atoms with Crippen LogP contribution in [-0.2, 0) is 9.53 Å². The molecule has 0 unspecified atom stereocenters. The molecule has 0 saturated heterocycles. The number of carbonyl (C=O) groups is 1. The molecule has 0 aromatic heterocycles. The van der Waals surface area contributed by atoms with Crippen molar-refractivity contribution in [3.63, 3.8) is 0 Å². The monoisotopic (exact) mass is 171 g/mol. The first kappa shape index (κ1) is 9.52. The van der Waals surface area contributed by atoms with Crippen molar-refractivity contribution in [2.45, 2.75) is 32.2 Å². The van der Waals surface area contributed by atoms with E-state index in [4.69, 9.17) is 4.74 Å². The number of carbonyl (C=O) groups excluding carboxylic acids is 1. The van der Waals surface area contributed by atoms with Crippen LogP contribution in [-0.4, -0.2) is 37.1 Å². The van der Waals surface area contributed by atoms with Crippen molar-refractivity contribution in [2.75, 3.05) is 20.3 Å². The molecular formula is C9H17NO2. The second kappa shape index (κ2) is 4.45. The minimum Gasteiger partial charge on any atom is -0.383 e. The number of methoxy groups -OCH3 is 1. The van der Waals surface area contributed by atoms with Gasteiger partial charge in [0.05, 0.1) is 6.61 Å². The van der Waals surface area contributed by atoms with Crippen LogP contribution in [0.4, 0.5) is 0 Å². The molecule has 3 nitrogen and oxygen atoms in total. The molecule has 70 valence electrons. The van der Waals surface area contributed by atoms with Crippen molar-refractivity contribution in [1.82, 2.24) is 4.90 Å². The van der Waals surface area contributed by atoms with Gasteiger partial charge in [-0.2, -0.15) is 0 Å². The lowest BCUT2D eigenvalue weighted by Crippen LogP contribution is -2.35. The van der Waals surface area contributed by atoms with Gasteiger partial charge in [0, 0.05) is 26.1 Å². The second-order valence-electron chi connectivity index (χ2n) is 3.16. The Balaban J connectivity index is 2.32. The fourth-order valence-corrected chi connectivity index (χ4v) is 1.29. The lowest BCUT2D eigenvalue weighted by molar-refractivity contribution is -0.132. The van der Waals surface area contributed by atoms with Crippen LogP contribution in [0.5, 0.6) is 0 Å². The first-order valence-electron chi connectivity index (χ1n) is 4.58. The molecule has 0 aliphatic heterocycles. The Bertz CT molecular complexity index is 155. The number of rotatable bonds is 5. The predicted molar refractivity (Wildman–Crippen MR) is 46.9 cm³/mol. The van der Waals surface area contributed by atoms with E-state index < -0.39 is 0 Å². The van der Waals surface area contributed by atoms with Gasteiger partial charge in [-0.1, -0.05) is 6.92 Å². The van der Waals surface area contributed by atoms with E-state index in [0.29, 0.717) is 19.1 Å². The molecule has 0 aromatic rings. The Labute approximate surface area is 73.7 Å². The molecule has 0 radical (unpaired) electrons. The van der Waals surface area contributed by atoms with Gasteiger partial charge in [-0.3, -0.25) is 4.79 Å². The molecule has 1 saturated carbocycles.